The van der Waals surface area contributed by atoms with Crippen molar-refractivity contribution in [2.24, 2.45) is 4.99 Å². The first-order valence-electron chi connectivity index (χ1n) is 10.5. The summed E-state index contributed by atoms with van der Waals surface area (Å²) in [7, 11) is 1.77. The molecular formula is C24H34N4O2. The Morgan fingerprint density at radius 2 is 1.87 bits per heavy atom. The number of hydrogen-bond acceptors (Lipinski definition) is 3. The molecule has 0 fully saturated rings. The van der Waals surface area contributed by atoms with E-state index in [1.54, 1.807) is 7.05 Å². The maximum atomic E-state index is 11.1. The summed E-state index contributed by atoms with van der Waals surface area (Å²) in [4.78, 5) is 15.4. The van der Waals surface area contributed by atoms with Crippen molar-refractivity contribution in [3.63, 3.8) is 0 Å². The van der Waals surface area contributed by atoms with Gasteiger partial charge in [-0.1, -0.05) is 31.2 Å². The van der Waals surface area contributed by atoms with Crippen LogP contribution >= 0.6 is 0 Å². The van der Waals surface area contributed by atoms with E-state index in [2.05, 4.69) is 59.9 Å². The van der Waals surface area contributed by atoms with Gasteiger partial charge < -0.3 is 20.7 Å². The fourth-order valence-corrected chi connectivity index (χ4v) is 2.90. The van der Waals surface area contributed by atoms with Gasteiger partial charge in [-0.15, -0.1) is 0 Å². The number of rotatable bonds is 9. The first-order chi connectivity index (χ1) is 14.4. The van der Waals surface area contributed by atoms with E-state index in [-0.39, 0.29) is 12.0 Å². The summed E-state index contributed by atoms with van der Waals surface area (Å²) < 4.78 is 6.09. The summed E-state index contributed by atoms with van der Waals surface area (Å²) >= 11 is 0. The molecule has 6 heteroatoms. The molecule has 0 saturated carbocycles. The van der Waals surface area contributed by atoms with Gasteiger partial charge in [-0.2, -0.15) is 0 Å². The molecular weight excluding hydrogens is 376 g/mol. The van der Waals surface area contributed by atoms with Gasteiger partial charge >= 0.3 is 0 Å². The highest BCUT2D eigenvalue weighted by Crippen LogP contribution is 2.22. The van der Waals surface area contributed by atoms with E-state index in [0.717, 1.165) is 42.3 Å². The Labute approximate surface area is 180 Å². The smallest absolute Gasteiger partial charge is 0.221 e. The van der Waals surface area contributed by atoms with Crippen LogP contribution in [-0.4, -0.2) is 31.6 Å². The first kappa shape index (κ1) is 23.3. The van der Waals surface area contributed by atoms with Gasteiger partial charge in [0.1, 0.15) is 5.75 Å². The molecule has 1 unspecified atom stereocenters. The van der Waals surface area contributed by atoms with Crippen LogP contribution in [0.15, 0.2) is 47.5 Å². The molecule has 1 amide bonds. The quantitative estimate of drug-likeness (QED) is 0.431. The third-order valence-corrected chi connectivity index (χ3v) is 4.78. The summed E-state index contributed by atoms with van der Waals surface area (Å²) in [6, 6.07) is 14.2. The molecule has 3 N–H and O–H groups in total. The predicted molar refractivity (Wildman–Crippen MR) is 124 cm³/mol. The van der Waals surface area contributed by atoms with Crippen LogP contribution in [0.2, 0.25) is 0 Å². The SMILES string of the molecule is CCC(C)Oc1cc(C)ccc1CNC(=NC)NCCc1ccc(NC(C)=O)cc1. The van der Waals surface area contributed by atoms with Crippen molar-refractivity contribution in [1.29, 1.82) is 0 Å². The number of nitrogens with zero attached hydrogens (tertiary/aromatic N) is 1. The van der Waals surface area contributed by atoms with Crippen molar-refractivity contribution in [3.05, 3.63) is 59.2 Å². The van der Waals surface area contributed by atoms with Crippen molar-refractivity contribution >= 4 is 17.6 Å². The maximum Gasteiger partial charge on any atom is 0.221 e. The lowest BCUT2D eigenvalue weighted by atomic mass is 10.1. The number of aliphatic imine (C=N–C) groups is 1. The number of carbonyl (C=O) groups excluding carboxylic acids is 1. The molecule has 6 nitrogen and oxygen atoms in total. The van der Waals surface area contributed by atoms with Gasteiger partial charge in [-0.05, 0) is 56.0 Å². The van der Waals surface area contributed by atoms with Crippen LogP contribution in [0.5, 0.6) is 5.75 Å². The van der Waals surface area contributed by atoms with Gasteiger partial charge in [0, 0.05) is 38.3 Å². The minimum absolute atomic E-state index is 0.0643. The van der Waals surface area contributed by atoms with Gasteiger partial charge in [0.2, 0.25) is 5.91 Å². The number of hydrogen-bond donors (Lipinski definition) is 3. The van der Waals surface area contributed by atoms with E-state index in [1.165, 1.54) is 18.1 Å². The zero-order chi connectivity index (χ0) is 21.9. The highest BCUT2D eigenvalue weighted by molar-refractivity contribution is 5.88. The van der Waals surface area contributed by atoms with Gasteiger partial charge in [0.15, 0.2) is 5.96 Å². The maximum absolute atomic E-state index is 11.1. The number of carbonyl (C=O) groups is 1. The average molecular weight is 411 g/mol. The van der Waals surface area contributed by atoms with Crippen molar-refractivity contribution in [3.8, 4) is 5.75 Å². The lowest BCUT2D eigenvalue weighted by Gasteiger charge is -2.18. The lowest BCUT2D eigenvalue weighted by Crippen LogP contribution is -2.38. The molecule has 30 heavy (non-hydrogen) atoms. The molecule has 0 aliphatic rings. The lowest BCUT2D eigenvalue weighted by molar-refractivity contribution is -0.114. The molecule has 162 valence electrons. The number of amides is 1. The highest BCUT2D eigenvalue weighted by Gasteiger charge is 2.09. The van der Waals surface area contributed by atoms with Crippen molar-refractivity contribution < 1.29 is 9.53 Å². The van der Waals surface area contributed by atoms with E-state index < -0.39 is 0 Å². The van der Waals surface area contributed by atoms with E-state index in [0.29, 0.717) is 6.54 Å². The third kappa shape index (κ3) is 7.78. The van der Waals surface area contributed by atoms with Crippen LogP contribution < -0.4 is 20.7 Å². The van der Waals surface area contributed by atoms with Crippen LogP contribution in [0.1, 0.15) is 43.9 Å². The molecule has 0 aliphatic carbocycles. The zero-order valence-electron chi connectivity index (χ0n) is 18.7. The number of anilines is 1. The van der Waals surface area contributed by atoms with Crippen LogP contribution in [0, 0.1) is 6.92 Å². The third-order valence-electron chi connectivity index (χ3n) is 4.78. The summed E-state index contributed by atoms with van der Waals surface area (Å²) in [5.74, 6) is 1.61. The molecule has 2 aromatic carbocycles. The van der Waals surface area contributed by atoms with Gasteiger partial charge in [-0.3, -0.25) is 9.79 Å². The summed E-state index contributed by atoms with van der Waals surface area (Å²) in [5, 5.41) is 9.49. The van der Waals surface area contributed by atoms with Gasteiger partial charge in [-0.25, -0.2) is 0 Å². The van der Waals surface area contributed by atoms with Crippen LogP contribution in [0.3, 0.4) is 0 Å². The van der Waals surface area contributed by atoms with Crippen LogP contribution in [0.25, 0.3) is 0 Å². The highest BCUT2D eigenvalue weighted by atomic mass is 16.5. The van der Waals surface area contributed by atoms with Crippen molar-refractivity contribution in [2.75, 3.05) is 18.9 Å². The summed E-state index contributed by atoms with van der Waals surface area (Å²) in [6.07, 6.45) is 2.00. The minimum atomic E-state index is -0.0643. The summed E-state index contributed by atoms with van der Waals surface area (Å²) in [5.41, 5.74) is 4.29. The molecule has 0 heterocycles. The minimum Gasteiger partial charge on any atom is -0.490 e. The largest absolute Gasteiger partial charge is 0.490 e. The number of benzene rings is 2. The molecule has 0 saturated heterocycles. The standard InChI is InChI=1S/C24H34N4O2/c1-6-18(3)30-23-15-17(2)7-10-21(23)16-27-24(25-5)26-14-13-20-8-11-22(12-9-20)28-19(4)29/h7-12,15,18H,6,13-14,16H2,1-5H3,(H,28,29)(H2,25,26,27). The molecule has 2 rings (SSSR count). The van der Waals surface area contributed by atoms with E-state index >= 15 is 0 Å². The zero-order valence-corrected chi connectivity index (χ0v) is 18.7. The fourth-order valence-electron chi connectivity index (χ4n) is 2.90. The van der Waals surface area contributed by atoms with Gasteiger partial charge in [0.05, 0.1) is 6.10 Å². The first-order valence-corrected chi connectivity index (χ1v) is 10.5. The Morgan fingerprint density at radius 3 is 2.50 bits per heavy atom. The van der Waals surface area contributed by atoms with E-state index in [4.69, 9.17) is 4.74 Å². The Hall–Kier alpha value is -3.02. The summed E-state index contributed by atoms with van der Waals surface area (Å²) in [6.45, 7) is 9.18. The Kier molecular flexibility index (Phi) is 9.19. The molecule has 0 spiro atoms. The molecule has 0 radical (unpaired) electrons. The van der Waals surface area contributed by atoms with Gasteiger partial charge in [0.25, 0.3) is 0 Å². The fraction of sp³-hybridized carbons (Fsp3) is 0.417. The topological polar surface area (TPSA) is 74.8 Å². The number of aryl methyl sites for hydroxylation is 1. The molecule has 1 atom stereocenters. The second kappa shape index (κ2) is 11.9. The molecule has 2 aromatic rings. The number of guanidine groups is 1. The van der Waals surface area contributed by atoms with Crippen molar-refractivity contribution in [2.45, 2.75) is 53.2 Å². The average Bonchev–Trinajstić information content (AvgIpc) is 2.72. The molecule has 0 aliphatic heterocycles. The second-order valence-corrected chi connectivity index (χ2v) is 7.43. The van der Waals surface area contributed by atoms with E-state index in [9.17, 15) is 4.79 Å². The van der Waals surface area contributed by atoms with E-state index in [1.807, 2.05) is 24.3 Å². The number of ether oxygens (including phenoxy) is 1. The second-order valence-electron chi connectivity index (χ2n) is 7.43. The predicted octanol–water partition coefficient (Wildman–Crippen LogP) is 4.04. The Morgan fingerprint density at radius 1 is 1.13 bits per heavy atom. The Balaban J connectivity index is 1.86. The number of nitrogens with one attached hydrogen (secondary N) is 3. The Bertz CT molecular complexity index is 847. The molecule has 0 aromatic heterocycles. The molecule has 0 bridgehead atoms. The normalized spacial score (nSPS) is 12.2. The van der Waals surface area contributed by atoms with Crippen LogP contribution in [-0.2, 0) is 17.8 Å². The van der Waals surface area contributed by atoms with Crippen molar-refractivity contribution in [1.82, 2.24) is 10.6 Å². The monoisotopic (exact) mass is 410 g/mol. The van der Waals surface area contributed by atoms with Crippen LogP contribution in [0.4, 0.5) is 5.69 Å².